The maximum absolute atomic E-state index is 12.4. The van der Waals surface area contributed by atoms with Gasteiger partial charge in [0.15, 0.2) is 0 Å². The van der Waals surface area contributed by atoms with Gasteiger partial charge < -0.3 is 14.7 Å². The monoisotopic (exact) mass is 350 g/mol. The standard InChI is InChI=1S/C19H30N2O4/c1-4-7-13-20(14-8-5-2)19(24)25-17-11-9-10-16(15-17)21(12-6-3)18(22)23/h9-11,15H,4-8,12-14H2,1-3H3,(H,22,23). The Kier molecular flexibility index (Phi) is 9.43. The van der Waals surface area contributed by atoms with Crippen LogP contribution in [0.1, 0.15) is 52.9 Å². The van der Waals surface area contributed by atoms with Gasteiger partial charge in [-0.2, -0.15) is 0 Å². The van der Waals surface area contributed by atoms with Crippen molar-refractivity contribution in [2.24, 2.45) is 0 Å². The first-order valence-corrected chi connectivity index (χ1v) is 9.10. The summed E-state index contributed by atoms with van der Waals surface area (Å²) in [6.07, 6.45) is 3.20. The second-order valence-corrected chi connectivity index (χ2v) is 5.99. The first kappa shape index (κ1) is 20.8. The summed E-state index contributed by atoms with van der Waals surface area (Å²) in [6.45, 7) is 7.82. The fraction of sp³-hybridized carbons (Fsp3) is 0.579. The van der Waals surface area contributed by atoms with Gasteiger partial charge in [-0.1, -0.05) is 39.7 Å². The van der Waals surface area contributed by atoms with Crippen LogP contribution in [0.5, 0.6) is 5.75 Å². The zero-order valence-electron chi connectivity index (χ0n) is 15.5. The maximum Gasteiger partial charge on any atom is 0.415 e. The lowest BCUT2D eigenvalue weighted by atomic mass is 10.2. The molecule has 0 saturated carbocycles. The summed E-state index contributed by atoms with van der Waals surface area (Å²) in [4.78, 5) is 26.8. The molecule has 140 valence electrons. The van der Waals surface area contributed by atoms with E-state index in [9.17, 15) is 14.7 Å². The van der Waals surface area contributed by atoms with E-state index >= 15 is 0 Å². The van der Waals surface area contributed by atoms with Gasteiger partial charge in [0.1, 0.15) is 5.75 Å². The summed E-state index contributed by atoms with van der Waals surface area (Å²) in [7, 11) is 0. The van der Waals surface area contributed by atoms with Crippen molar-refractivity contribution >= 4 is 17.9 Å². The lowest BCUT2D eigenvalue weighted by Gasteiger charge is -2.22. The minimum Gasteiger partial charge on any atom is -0.465 e. The van der Waals surface area contributed by atoms with Gasteiger partial charge in [0.2, 0.25) is 0 Å². The Morgan fingerprint density at radius 1 is 1.00 bits per heavy atom. The van der Waals surface area contributed by atoms with Crippen molar-refractivity contribution in [3.8, 4) is 5.75 Å². The van der Waals surface area contributed by atoms with Crippen LogP contribution in [-0.2, 0) is 0 Å². The van der Waals surface area contributed by atoms with Crippen molar-refractivity contribution in [1.82, 2.24) is 4.90 Å². The van der Waals surface area contributed by atoms with Gasteiger partial charge in [0.05, 0.1) is 5.69 Å². The van der Waals surface area contributed by atoms with E-state index < -0.39 is 6.09 Å². The Morgan fingerprint density at radius 2 is 1.64 bits per heavy atom. The highest BCUT2D eigenvalue weighted by molar-refractivity contribution is 5.86. The number of nitrogens with zero attached hydrogens (tertiary/aromatic N) is 2. The minimum absolute atomic E-state index is 0.364. The van der Waals surface area contributed by atoms with Gasteiger partial charge >= 0.3 is 12.2 Å². The quantitative estimate of drug-likeness (QED) is 0.646. The molecule has 0 aliphatic heterocycles. The zero-order chi connectivity index (χ0) is 18.7. The summed E-state index contributed by atoms with van der Waals surface area (Å²) < 4.78 is 5.49. The molecule has 0 unspecified atom stereocenters. The average molecular weight is 350 g/mol. The maximum atomic E-state index is 12.4. The molecule has 1 aromatic rings. The summed E-state index contributed by atoms with van der Waals surface area (Å²) in [5.74, 6) is 0.364. The first-order valence-electron chi connectivity index (χ1n) is 9.10. The number of carbonyl (C=O) groups excluding carboxylic acids is 1. The van der Waals surface area contributed by atoms with E-state index in [4.69, 9.17) is 4.74 Å². The normalized spacial score (nSPS) is 10.4. The molecule has 0 aliphatic carbocycles. The van der Waals surface area contributed by atoms with Crippen LogP contribution in [0.2, 0.25) is 0 Å². The van der Waals surface area contributed by atoms with Crippen molar-refractivity contribution in [2.45, 2.75) is 52.9 Å². The van der Waals surface area contributed by atoms with Crippen molar-refractivity contribution in [2.75, 3.05) is 24.5 Å². The highest BCUT2D eigenvalue weighted by atomic mass is 16.6. The second-order valence-electron chi connectivity index (χ2n) is 5.99. The highest BCUT2D eigenvalue weighted by Gasteiger charge is 2.17. The molecule has 0 aromatic heterocycles. The molecule has 0 bridgehead atoms. The fourth-order valence-corrected chi connectivity index (χ4v) is 2.43. The number of ether oxygens (including phenoxy) is 1. The molecule has 6 heteroatoms. The average Bonchev–Trinajstić information content (AvgIpc) is 2.59. The van der Waals surface area contributed by atoms with Crippen LogP contribution in [0, 0.1) is 0 Å². The summed E-state index contributed by atoms with van der Waals surface area (Å²) >= 11 is 0. The van der Waals surface area contributed by atoms with E-state index in [1.54, 1.807) is 29.2 Å². The molecule has 0 radical (unpaired) electrons. The minimum atomic E-state index is -1.02. The number of hydrogen-bond donors (Lipinski definition) is 1. The van der Waals surface area contributed by atoms with E-state index in [0.717, 1.165) is 25.7 Å². The van der Waals surface area contributed by atoms with Crippen LogP contribution < -0.4 is 9.64 Å². The predicted molar refractivity (Wildman–Crippen MR) is 99.5 cm³/mol. The summed E-state index contributed by atoms with van der Waals surface area (Å²) in [6, 6.07) is 6.67. The number of unbranched alkanes of at least 4 members (excludes halogenated alkanes) is 2. The van der Waals surface area contributed by atoms with E-state index in [-0.39, 0.29) is 6.09 Å². The number of anilines is 1. The highest BCUT2D eigenvalue weighted by Crippen LogP contribution is 2.22. The molecular weight excluding hydrogens is 320 g/mol. The molecule has 6 nitrogen and oxygen atoms in total. The van der Waals surface area contributed by atoms with Crippen LogP contribution in [0.4, 0.5) is 15.3 Å². The van der Waals surface area contributed by atoms with E-state index in [2.05, 4.69) is 13.8 Å². The third-order valence-corrected chi connectivity index (χ3v) is 3.83. The van der Waals surface area contributed by atoms with Crippen molar-refractivity contribution < 1.29 is 19.4 Å². The number of benzene rings is 1. The van der Waals surface area contributed by atoms with E-state index in [1.165, 1.54) is 4.90 Å². The number of rotatable bonds is 10. The van der Waals surface area contributed by atoms with Gasteiger partial charge in [-0.15, -0.1) is 0 Å². The molecule has 0 aliphatic rings. The van der Waals surface area contributed by atoms with Gasteiger partial charge in [0.25, 0.3) is 0 Å². The third kappa shape index (κ3) is 7.03. The molecule has 0 saturated heterocycles. The first-order chi connectivity index (χ1) is 12.0. The summed E-state index contributed by atoms with van der Waals surface area (Å²) in [5, 5.41) is 9.32. The molecule has 1 rings (SSSR count). The Balaban J connectivity index is 2.84. The Bertz CT molecular complexity index is 540. The Hall–Kier alpha value is -2.24. The Labute approximate surface area is 150 Å². The molecule has 0 spiro atoms. The van der Waals surface area contributed by atoms with Crippen LogP contribution in [0.25, 0.3) is 0 Å². The molecule has 0 atom stereocenters. The van der Waals surface area contributed by atoms with Crippen molar-refractivity contribution in [3.05, 3.63) is 24.3 Å². The smallest absolute Gasteiger partial charge is 0.415 e. The molecule has 1 aromatic carbocycles. The fourth-order valence-electron chi connectivity index (χ4n) is 2.43. The molecule has 2 amide bonds. The van der Waals surface area contributed by atoms with Crippen LogP contribution in [-0.4, -0.2) is 41.8 Å². The van der Waals surface area contributed by atoms with E-state index in [1.807, 2.05) is 6.92 Å². The number of carboxylic acid groups (broad SMARTS) is 1. The van der Waals surface area contributed by atoms with Gasteiger partial charge in [0, 0.05) is 25.7 Å². The SMILES string of the molecule is CCCCN(CCCC)C(=O)Oc1cccc(N(CCC)C(=O)O)c1. The molecule has 25 heavy (non-hydrogen) atoms. The predicted octanol–water partition coefficient (Wildman–Crippen LogP) is 4.98. The lowest BCUT2D eigenvalue weighted by molar-refractivity contribution is 0.150. The van der Waals surface area contributed by atoms with Crippen molar-refractivity contribution in [1.29, 1.82) is 0 Å². The molecular formula is C19H30N2O4. The van der Waals surface area contributed by atoms with Gasteiger partial charge in [-0.05, 0) is 31.4 Å². The molecule has 0 fully saturated rings. The largest absolute Gasteiger partial charge is 0.465 e. The van der Waals surface area contributed by atoms with Crippen LogP contribution in [0.15, 0.2) is 24.3 Å². The third-order valence-electron chi connectivity index (χ3n) is 3.83. The van der Waals surface area contributed by atoms with E-state index in [0.29, 0.717) is 37.5 Å². The number of carbonyl (C=O) groups is 2. The topological polar surface area (TPSA) is 70.1 Å². The Morgan fingerprint density at radius 3 is 2.16 bits per heavy atom. The van der Waals surface area contributed by atoms with Crippen LogP contribution >= 0.6 is 0 Å². The zero-order valence-corrected chi connectivity index (χ0v) is 15.5. The van der Waals surface area contributed by atoms with Gasteiger partial charge in [-0.3, -0.25) is 4.90 Å². The number of hydrogen-bond acceptors (Lipinski definition) is 3. The summed E-state index contributed by atoms with van der Waals surface area (Å²) in [5.41, 5.74) is 0.508. The molecule has 1 N–H and O–H groups in total. The van der Waals surface area contributed by atoms with Gasteiger partial charge in [-0.25, -0.2) is 9.59 Å². The van der Waals surface area contributed by atoms with Crippen molar-refractivity contribution in [3.63, 3.8) is 0 Å². The molecule has 0 heterocycles. The second kappa shape index (κ2) is 11.3. The lowest BCUT2D eigenvalue weighted by Crippen LogP contribution is -2.35. The number of amides is 2. The van der Waals surface area contributed by atoms with Crippen LogP contribution in [0.3, 0.4) is 0 Å².